The maximum absolute atomic E-state index is 11.7. The first kappa shape index (κ1) is 14.0. The zero-order chi connectivity index (χ0) is 15.0. The first-order valence-electron chi connectivity index (χ1n) is 7.49. The second kappa shape index (κ2) is 5.45. The van der Waals surface area contributed by atoms with E-state index in [0.29, 0.717) is 12.5 Å². The quantitative estimate of drug-likeness (QED) is 0.843. The number of Topliss-reactive ketones (excluding diaryl/α,β-unsaturated/α-hetero) is 1. The van der Waals surface area contributed by atoms with Gasteiger partial charge in [0.1, 0.15) is 0 Å². The van der Waals surface area contributed by atoms with Crippen LogP contribution in [-0.4, -0.2) is 24.8 Å². The Morgan fingerprint density at radius 1 is 1.00 bits per heavy atom. The van der Waals surface area contributed by atoms with Crippen LogP contribution in [0.3, 0.4) is 0 Å². The molecular formula is C19H21NO. The smallest absolute Gasteiger partial charge is 0.163 e. The molecule has 0 amide bonds. The van der Waals surface area contributed by atoms with Gasteiger partial charge in [-0.15, -0.1) is 0 Å². The summed E-state index contributed by atoms with van der Waals surface area (Å²) in [6.45, 7) is 2.21. The van der Waals surface area contributed by atoms with Crippen LogP contribution < -0.4 is 0 Å². The number of aryl methyl sites for hydroxylation is 1. The molecular weight excluding hydrogens is 258 g/mol. The van der Waals surface area contributed by atoms with Crippen molar-refractivity contribution in [3.05, 3.63) is 59.2 Å². The Hall–Kier alpha value is -1.93. The molecule has 21 heavy (non-hydrogen) atoms. The Labute approximate surface area is 126 Å². The Balaban J connectivity index is 1.98. The number of carbonyl (C=O) groups excluding carboxylic acids is 1. The average molecular weight is 279 g/mol. The maximum atomic E-state index is 11.7. The highest BCUT2D eigenvalue weighted by molar-refractivity contribution is 6.00. The van der Waals surface area contributed by atoms with E-state index in [1.165, 1.54) is 22.3 Å². The van der Waals surface area contributed by atoms with Crippen molar-refractivity contribution in [2.45, 2.75) is 25.8 Å². The number of hydrogen-bond acceptors (Lipinski definition) is 2. The van der Waals surface area contributed by atoms with Gasteiger partial charge in [0, 0.05) is 18.0 Å². The lowest BCUT2D eigenvalue weighted by Crippen LogP contribution is -2.16. The zero-order valence-corrected chi connectivity index (χ0v) is 12.9. The molecule has 108 valence electrons. The number of nitrogens with zero attached hydrogens (tertiary/aromatic N) is 1. The van der Waals surface area contributed by atoms with Gasteiger partial charge in [-0.3, -0.25) is 4.79 Å². The Bertz CT molecular complexity index is 688. The Morgan fingerprint density at radius 2 is 1.76 bits per heavy atom. The molecule has 0 aromatic heterocycles. The molecule has 2 aromatic carbocycles. The predicted octanol–water partition coefficient (Wildman–Crippen LogP) is 4.11. The summed E-state index contributed by atoms with van der Waals surface area (Å²) in [7, 11) is 4.19. The molecule has 1 atom stereocenters. The summed E-state index contributed by atoms with van der Waals surface area (Å²) >= 11 is 0. The molecule has 0 saturated heterocycles. The fraction of sp³-hybridized carbons (Fsp3) is 0.316. The summed E-state index contributed by atoms with van der Waals surface area (Å²) in [5.74, 6) is 0.284. The second-order valence-corrected chi connectivity index (χ2v) is 6.06. The highest BCUT2D eigenvalue weighted by Gasteiger charge is 2.19. The fourth-order valence-corrected chi connectivity index (χ4v) is 2.91. The minimum atomic E-state index is 0.284. The molecule has 2 nitrogen and oxygen atoms in total. The monoisotopic (exact) mass is 279 g/mol. The van der Waals surface area contributed by atoms with E-state index in [1.807, 2.05) is 6.07 Å². The van der Waals surface area contributed by atoms with E-state index in [1.54, 1.807) is 0 Å². The molecule has 0 saturated carbocycles. The van der Waals surface area contributed by atoms with Crippen molar-refractivity contribution >= 4 is 5.78 Å². The second-order valence-electron chi connectivity index (χ2n) is 6.06. The number of benzene rings is 2. The molecule has 1 aliphatic rings. The number of ketones is 1. The van der Waals surface area contributed by atoms with Gasteiger partial charge in [-0.25, -0.2) is 0 Å². The molecule has 0 heterocycles. The van der Waals surface area contributed by atoms with Crippen LogP contribution in [-0.2, 0) is 6.42 Å². The third kappa shape index (κ3) is 2.64. The topological polar surface area (TPSA) is 20.3 Å². The van der Waals surface area contributed by atoms with E-state index >= 15 is 0 Å². The summed E-state index contributed by atoms with van der Waals surface area (Å²) in [5, 5.41) is 0. The van der Waals surface area contributed by atoms with Gasteiger partial charge >= 0.3 is 0 Å². The highest BCUT2D eigenvalue weighted by atomic mass is 16.1. The van der Waals surface area contributed by atoms with Crippen molar-refractivity contribution in [2.75, 3.05) is 14.1 Å². The van der Waals surface area contributed by atoms with Gasteiger partial charge in [0.2, 0.25) is 0 Å². The molecule has 0 N–H and O–H groups in total. The summed E-state index contributed by atoms with van der Waals surface area (Å²) < 4.78 is 0. The third-order valence-electron chi connectivity index (χ3n) is 4.50. The molecule has 1 unspecified atom stereocenters. The molecule has 0 fully saturated rings. The van der Waals surface area contributed by atoms with Gasteiger partial charge < -0.3 is 4.90 Å². The molecule has 3 rings (SSSR count). The van der Waals surface area contributed by atoms with E-state index in [9.17, 15) is 4.79 Å². The van der Waals surface area contributed by atoms with E-state index < -0.39 is 0 Å². The largest absolute Gasteiger partial charge is 0.303 e. The molecule has 0 spiro atoms. The highest BCUT2D eigenvalue weighted by Crippen LogP contribution is 2.30. The molecule has 0 bridgehead atoms. The minimum absolute atomic E-state index is 0.284. The molecule has 2 heteroatoms. The van der Waals surface area contributed by atoms with Gasteiger partial charge in [-0.1, -0.05) is 36.4 Å². The van der Waals surface area contributed by atoms with Crippen LogP contribution in [0.25, 0.3) is 11.1 Å². The lowest BCUT2D eigenvalue weighted by molar-refractivity contribution is 0.0994. The number of carbonyl (C=O) groups is 1. The molecule has 2 aromatic rings. The van der Waals surface area contributed by atoms with Gasteiger partial charge in [-0.05, 0) is 55.8 Å². The summed E-state index contributed by atoms with van der Waals surface area (Å²) in [5.41, 5.74) is 5.86. The fourth-order valence-electron chi connectivity index (χ4n) is 2.91. The van der Waals surface area contributed by atoms with E-state index in [-0.39, 0.29) is 5.78 Å². The maximum Gasteiger partial charge on any atom is 0.163 e. The van der Waals surface area contributed by atoms with Crippen LogP contribution in [0.15, 0.2) is 42.5 Å². The summed E-state index contributed by atoms with van der Waals surface area (Å²) in [4.78, 5) is 13.9. The van der Waals surface area contributed by atoms with Crippen molar-refractivity contribution in [3.8, 4) is 11.1 Å². The molecule has 1 aliphatic carbocycles. The summed E-state index contributed by atoms with van der Waals surface area (Å²) in [6, 6.07) is 15.3. The van der Waals surface area contributed by atoms with Crippen LogP contribution in [0.5, 0.6) is 0 Å². The minimum Gasteiger partial charge on any atom is -0.303 e. The van der Waals surface area contributed by atoms with Crippen molar-refractivity contribution in [1.82, 2.24) is 4.90 Å². The van der Waals surface area contributed by atoms with E-state index in [0.717, 1.165) is 12.0 Å². The molecule has 0 aliphatic heterocycles. The summed E-state index contributed by atoms with van der Waals surface area (Å²) in [6.07, 6.45) is 1.55. The standard InChI is InChI=1S/C19H21NO/c1-13(20(2)3)14-5-4-6-15(11-14)16-7-9-18-17(12-16)8-10-19(18)21/h4-7,9,11-13H,8,10H2,1-3H3. The van der Waals surface area contributed by atoms with Crippen molar-refractivity contribution in [1.29, 1.82) is 0 Å². The van der Waals surface area contributed by atoms with Gasteiger partial charge in [-0.2, -0.15) is 0 Å². The van der Waals surface area contributed by atoms with Crippen LogP contribution in [0.2, 0.25) is 0 Å². The normalized spacial score (nSPS) is 15.3. The SMILES string of the molecule is CC(c1cccc(-c2ccc3c(c2)CCC3=O)c1)N(C)C. The van der Waals surface area contributed by atoms with Crippen LogP contribution in [0, 0.1) is 0 Å². The van der Waals surface area contributed by atoms with Gasteiger partial charge in [0.15, 0.2) is 5.78 Å². The number of rotatable bonds is 3. The lowest BCUT2D eigenvalue weighted by Gasteiger charge is -2.20. The third-order valence-corrected chi connectivity index (χ3v) is 4.50. The number of hydrogen-bond donors (Lipinski definition) is 0. The first-order valence-corrected chi connectivity index (χ1v) is 7.49. The van der Waals surface area contributed by atoms with Crippen molar-refractivity contribution in [2.24, 2.45) is 0 Å². The Kier molecular flexibility index (Phi) is 3.64. The predicted molar refractivity (Wildman–Crippen MR) is 86.6 cm³/mol. The molecule has 0 radical (unpaired) electrons. The van der Waals surface area contributed by atoms with E-state index in [2.05, 4.69) is 62.3 Å². The number of fused-ring (bicyclic) bond motifs is 1. The van der Waals surface area contributed by atoms with Crippen LogP contribution >= 0.6 is 0 Å². The zero-order valence-electron chi connectivity index (χ0n) is 12.9. The van der Waals surface area contributed by atoms with Crippen molar-refractivity contribution in [3.63, 3.8) is 0 Å². The van der Waals surface area contributed by atoms with Crippen LogP contribution in [0.1, 0.15) is 40.9 Å². The van der Waals surface area contributed by atoms with Crippen LogP contribution in [0.4, 0.5) is 0 Å². The lowest BCUT2D eigenvalue weighted by atomic mass is 9.97. The average Bonchev–Trinajstić information content (AvgIpc) is 2.87. The Morgan fingerprint density at radius 3 is 2.52 bits per heavy atom. The van der Waals surface area contributed by atoms with Gasteiger partial charge in [0.05, 0.1) is 0 Å². The van der Waals surface area contributed by atoms with E-state index in [4.69, 9.17) is 0 Å². The van der Waals surface area contributed by atoms with Gasteiger partial charge in [0.25, 0.3) is 0 Å². The first-order chi connectivity index (χ1) is 10.1. The van der Waals surface area contributed by atoms with Crippen molar-refractivity contribution < 1.29 is 4.79 Å².